The van der Waals surface area contributed by atoms with Gasteiger partial charge in [-0.1, -0.05) is 99.8 Å². The minimum Gasteiger partial charge on any atom is -0.305 e. The first-order chi connectivity index (χ1) is 14.3. The summed E-state index contributed by atoms with van der Waals surface area (Å²) in [5.74, 6) is 0. The lowest BCUT2D eigenvalue weighted by Crippen LogP contribution is -2.10. The summed E-state index contributed by atoms with van der Waals surface area (Å²) in [5.41, 5.74) is 2.58. The number of unbranched alkanes of at least 4 members (excludes halogenated alkanes) is 5. The summed E-state index contributed by atoms with van der Waals surface area (Å²) in [4.78, 5) is 4.26. The molecule has 0 spiro atoms. The fourth-order valence-electron chi connectivity index (χ4n) is 2.76. The van der Waals surface area contributed by atoms with Gasteiger partial charge in [-0.05, 0) is 63.6 Å². The second-order valence-electron chi connectivity index (χ2n) is 8.14. The van der Waals surface area contributed by atoms with Gasteiger partial charge in [0.25, 0.3) is 0 Å². The van der Waals surface area contributed by atoms with Crippen molar-refractivity contribution in [2.24, 2.45) is 0 Å². The molecule has 0 atom stereocenters. The lowest BCUT2D eigenvalue weighted by molar-refractivity contribution is 0.402. The number of rotatable bonds is 9. The van der Waals surface area contributed by atoms with E-state index >= 15 is 0 Å². The van der Waals surface area contributed by atoms with Crippen LogP contribution >= 0.6 is 48.0 Å². The van der Waals surface area contributed by atoms with Crippen molar-refractivity contribution in [3.8, 4) is 0 Å². The molecule has 0 fully saturated rings. The molecule has 2 rings (SSSR count). The molecule has 0 aliphatic rings. The highest BCUT2D eigenvalue weighted by Gasteiger charge is 1.94. The van der Waals surface area contributed by atoms with Crippen LogP contribution in [0.5, 0.6) is 0 Å². The molecule has 0 N–H and O–H groups in total. The Labute approximate surface area is 220 Å². The molecule has 0 aliphatic carbocycles. The zero-order chi connectivity index (χ0) is 22.8. The Balaban J connectivity index is -0.000000388. The first-order valence-corrected chi connectivity index (χ1v) is 11.8. The molecule has 186 valence electrons. The summed E-state index contributed by atoms with van der Waals surface area (Å²) in [6.07, 6.45) is 8.49. The minimum absolute atomic E-state index is 0. The Morgan fingerprint density at radius 1 is 0.531 bits per heavy atom. The largest absolute Gasteiger partial charge is 0.305 e. The molecule has 0 heterocycles. The van der Waals surface area contributed by atoms with Crippen LogP contribution < -0.4 is 0 Å². The third kappa shape index (κ3) is 22.7. The summed E-state index contributed by atoms with van der Waals surface area (Å²) >= 11 is 11.5. The van der Waals surface area contributed by atoms with E-state index in [4.69, 9.17) is 23.2 Å². The van der Waals surface area contributed by atoms with Crippen LogP contribution in [0.1, 0.15) is 63.5 Å². The molecule has 32 heavy (non-hydrogen) atoms. The summed E-state index contributed by atoms with van der Waals surface area (Å²) < 4.78 is 0. The second-order valence-corrected chi connectivity index (χ2v) is 9.02. The van der Waals surface area contributed by atoms with Gasteiger partial charge in [0.1, 0.15) is 0 Å². The van der Waals surface area contributed by atoms with E-state index in [0.717, 1.165) is 23.1 Å². The smallest absolute Gasteiger partial charge is 0.0406 e. The zero-order valence-electron chi connectivity index (χ0n) is 20.7. The zero-order valence-corrected chi connectivity index (χ0v) is 23.9. The van der Waals surface area contributed by atoms with Crippen LogP contribution in [-0.2, 0) is 13.1 Å². The molecule has 2 nitrogen and oxygen atoms in total. The van der Waals surface area contributed by atoms with E-state index in [1.807, 2.05) is 48.5 Å². The topological polar surface area (TPSA) is 6.48 Å². The molecule has 0 amide bonds. The van der Waals surface area contributed by atoms with Crippen molar-refractivity contribution in [2.45, 2.75) is 65.5 Å². The lowest BCUT2D eigenvalue weighted by atomic mass is 10.1. The number of benzene rings is 2. The van der Waals surface area contributed by atoms with Crippen molar-refractivity contribution in [1.29, 1.82) is 0 Å². The van der Waals surface area contributed by atoms with Crippen LogP contribution in [0, 0.1) is 0 Å². The van der Waals surface area contributed by atoms with Crippen LogP contribution in [-0.4, -0.2) is 38.0 Å². The Hall–Kier alpha value is -0.480. The van der Waals surface area contributed by atoms with E-state index in [9.17, 15) is 0 Å². The maximum absolute atomic E-state index is 5.73. The third-order valence-corrected chi connectivity index (χ3v) is 4.79. The third-order valence-electron chi connectivity index (χ3n) is 4.28. The van der Waals surface area contributed by atoms with Crippen molar-refractivity contribution in [2.75, 3.05) is 28.2 Å². The maximum atomic E-state index is 5.73. The Bertz CT molecular complexity index is 572. The summed E-state index contributed by atoms with van der Waals surface area (Å²) in [6.45, 7) is 6.45. The van der Waals surface area contributed by atoms with Gasteiger partial charge >= 0.3 is 0 Å². The highest BCUT2D eigenvalue weighted by molar-refractivity contribution is 6.30. The SMILES string of the molecule is CCCCCCCC.CN(C)Cc1ccc(Cl)cc1.CN(C)Cc1ccc(Cl)cc1.Cl.Cl. The standard InChI is InChI=1S/2C9H12ClN.C8H18.2ClH/c2*1-11(2)7-8-3-5-9(10)6-4-8;1-3-5-7-8-6-4-2;;/h2*3-6H,7H2,1-2H3;3-8H2,1-2H3;2*1H. The number of nitrogens with zero attached hydrogens (tertiary/aromatic N) is 2. The molecule has 0 unspecified atom stereocenters. The van der Waals surface area contributed by atoms with Gasteiger partial charge in [0, 0.05) is 23.1 Å². The average Bonchev–Trinajstić information content (AvgIpc) is 2.69. The van der Waals surface area contributed by atoms with Gasteiger partial charge in [0.2, 0.25) is 0 Å². The predicted molar refractivity (Wildman–Crippen MR) is 151 cm³/mol. The number of hydrogen-bond donors (Lipinski definition) is 0. The van der Waals surface area contributed by atoms with Crippen molar-refractivity contribution in [1.82, 2.24) is 9.80 Å². The molecular weight excluding hydrogens is 482 g/mol. The molecule has 0 radical (unpaired) electrons. The van der Waals surface area contributed by atoms with E-state index in [0.29, 0.717) is 0 Å². The van der Waals surface area contributed by atoms with Gasteiger partial charge in [0.05, 0.1) is 0 Å². The predicted octanol–water partition coefficient (Wildman–Crippen LogP) is 9.01. The molecule has 0 aromatic heterocycles. The first kappa shape index (κ1) is 36.1. The summed E-state index contributed by atoms with van der Waals surface area (Å²) in [6, 6.07) is 15.8. The van der Waals surface area contributed by atoms with E-state index < -0.39 is 0 Å². The van der Waals surface area contributed by atoms with E-state index in [1.165, 1.54) is 49.7 Å². The van der Waals surface area contributed by atoms with Gasteiger partial charge in [-0.3, -0.25) is 0 Å². The Morgan fingerprint density at radius 3 is 1.03 bits per heavy atom. The van der Waals surface area contributed by atoms with Crippen LogP contribution in [0.4, 0.5) is 0 Å². The second kappa shape index (κ2) is 23.7. The molecule has 2 aromatic carbocycles. The fraction of sp³-hybridized carbons (Fsp3) is 0.538. The van der Waals surface area contributed by atoms with Gasteiger partial charge in [-0.2, -0.15) is 0 Å². The van der Waals surface area contributed by atoms with Gasteiger partial charge in [-0.25, -0.2) is 0 Å². The van der Waals surface area contributed by atoms with Gasteiger partial charge in [-0.15, -0.1) is 24.8 Å². The maximum Gasteiger partial charge on any atom is 0.0406 e. The van der Waals surface area contributed by atoms with Crippen LogP contribution in [0.3, 0.4) is 0 Å². The molecule has 0 saturated carbocycles. The minimum atomic E-state index is 0. The van der Waals surface area contributed by atoms with Crippen molar-refractivity contribution < 1.29 is 0 Å². The highest BCUT2D eigenvalue weighted by atomic mass is 35.5. The quantitative estimate of drug-likeness (QED) is 0.301. The van der Waals surface area contributed by atoms with Crippen LogP contribution in [0.2, 0.25) is 10.0 Å². The Kier molecular flexibility index (Phi) is 26.7. The number of halogens is 4. The van der Waals surface area contributed by atoms with E-state index in [-0.39, 0.29) is 24.8 Å². The molecule has 0 bridgehead atoms. The first-order valence-electron chi connectivity index (χ1n) is 11.1. The van der Waals surface area contributed by atoms with Crippen molar-refractivity contribution in [3.05, 3.63) is 69.7 Å². The molecule has 0 aliphatic heterocycles. The summed E-state index contributed by atoms with van der Waals surface area (Å²) in [5, 5.41) is 1.60. The van der Waals surface area contributed by atoms with E-state index in [2.05, 4.69) is 51.8 Å². The molecule has 2 aromatic rings. The summed E-state index contributed by atoms with van der Waals surface area (Å²) in [7, 11) is 8.20. The van der Waals surface area contributed by atoms with Crippen LogP contribution in [0.15, 0.2) is 48.5 Å². The van der Waals surface area contributed by atoms with E-state index in [1.54, 1.807) is 0 Å². The molecular formula is C26H44Cl4N2. The van der Waals surface area contributed by atoms with Crippen molar-refractivity contribution >= 4 is 48.0 Å². The molecule has 0 saturated heterocycles. The number of hydrogen-bond acceptors (Lipinski definition) is 2. The average molecular weight is 526 g/mol. The Morgan fingerprint density at radius 2 is 0.812 bits per heavy atom. The normalized spacial score (nSPS) is 9.69. The lowest BCUT2D eigenvalue weighted by Gasteiger charge is -2.08. The van der Waals surface area contributed by atoms with Gasteiger partial charge < -0.3 is 9.80 Å². The highest BCUT2D eigenvalue weighted by Crippen LogP contribution is 2.11. The molecule has 6 heteroatoms. The van der Waals surface area contributed by atoms with Crippen LogP contribution in [0.25, 0.3) is 0 Å². The fourth-order valence-corrected chi connectivity index (χ4v) is 3.02. The monoisotopic (exact) mass is 524 g/mol. The van der Waals surface area contributed by atoms with Crippen molar-refractivity contribution in [3.63, 3.8) is 0 Å². The van der Waals surface area contributed by atoms with Gasteiger partial charge in [0.15, 0.2) is 0 Å².